The van der Waals surface area contributed by atoms with Crippen molar-refractivity contribution in [3.8, 4) is 0 Å². The number of carboxylic acids is 1. The molecule has 1 atom stereocenters. The highest BCUT2D eigenvalue weighted by atomic mass is 32.1. The Labute approximate surface area is 74.8 Å². The molecule has 0 aliphatic rings. The normalized spacial score (nSPS) is 12.8. The lowest BCUT2D eigenvalue weighted by molar-refractivity contribution is -0.138. The van der Waals surface area contributed by atoms with E-state index in [2.05, 4.69) is 0 Å². The Hall–Kier alpha value is -0.870. The number of thiophene rings is 1. The number of hydrogen-bond acceptors (Lipinski definition) is 3. The smallest absolute Gasteiger partial charge is 0.320 e. The van der Waals surface area contributed by atoms with E-state index in [9.17, 15) is 4.79 Å². The maximum atomic E-state index is 10.4. The van der Waals surface area contributed by atoms with Crippen LogP contribution in [-0.4, -0.2) is 17.1 Å². The van der Waals surface area contributed by atoms with Crippen LogP contribution in [-0.2, 0) is 11.2 Å². The van der Waals surface area contributed by atoms with Crippen molar-refractivity contribution in [1.82, 2.24) is 0 Å². The minimum Gasteiger partial charge on any atom is -0.480 e. The van der Waals surface area contributed by atoms with Crippen LogP contribution in [0.5, 0.6) is 0 Å². The molecule has 0 fully saturated rings. The Kier molecular flexibility index (Phi) is 2.83. The average Bonchev–Trinajstić information content (AvgIpc) is 2.36. The van der Waals surface area contributed by atoms with Crippen LogP contribution in [0.4, 0.5) is 0 Å². The fourth-order valence-electron chi connectivity index (χ4n) is 0.947. The lowest BCUT2D eigenvalue weighted by Crippen LogP contribution is -2.32. The van der Waals surface area contributed by atoms with Crippen molar-refractivity contribution in [3.63, 3.8) is 0 Å². The summed E-state index contributed by atoms with van der Waals surface area (Å²) >= 11 is 1.61. The second kappa shape index (κ2) is 3.69. The molecule has 1 aromatic heterocycles. The van der Waals surface area contributed by atoms with E-state index in [1.165, 1.54) is 0 Å². The fraction of sp³-hybridized carbons (Fsp3) is 0.375. The van der Waals surface area contributed by atoms with E-state index < -0.39 is 12.0 Å². The third-order valence-corrected chi connectivity index (χ3v) is 2.61. The van der Waals surface area contributed by atoms with Gasteiger partial charge >= 0.3 is 5.97 Å². The quantitative estimate of drug-likeness (QED) is 0.738. The highest BCUT2D eigenvalue weighted by molar-refractivity contribution is 7.10. The summed E-state index contributed by atoms with van der Waals surface area (Å²) in [7, 11) is 0. The van der Waals surface area contributed by atoms with Crippen molar-refractivity contribution < 1.29 is 9.90 Å². The third kappa shape index (κ3) is 2.06. The van der Waals surface area contributed by atoms with Gasteiger partial charge in [0.15, 0.2) is 0 Å². The molecule has 0 saturated carbocycles. The first-order valence-corrected chi connectivity index (χ1v) is 4.50. The first-order valence-electron chi connectivity index (χ1n) is 3.62. The van der Waals surface area contributed by atoms with Gasteiger partial charge in [0.2, 0.25) is 0 Å². The summed E-state index contributed by atoms with van der Waals surface area (Å²) in [6, 6.07) is 1.14. The van der Waals surface area contributed by atoms with Crippen molar-refractivity contribution >= 4 is 17.3 Å². The second-order valence-electron chi connectivity index (χ2n) is 2.65. The summed E-state index contributed by atoms with van der Waals surface area (Å²) in [6.45, 7) is 1.97. The van der Waals surface area contributed by atoms with Crippen molar-refractivity contribution in [3.05, 3.63) is 21.9 Å². The van der Waals surface area contributed by atoms with Crippen LogP contribution in [0.25, 0.3) is 0 Å². The van der Waals surface area contributed by atoms with Crippen molar-refractivity contribution in [2.45, 2.75) is 19.4 Å². The molecule has 0 aliphatic heterocycles. The zero-order chi connectivity index (χ0) is 9.14. The van der Waals surface area contributed by atoms with Gasteiger partial charge in [0.25, 0.3) is 0 Å². The molecule has 1 unspecified atom stereocenters. The van der Waals surface area contributed by atoms with Gasteiger partial charge in [-0.2, -0.15) is 0 Å². The summed E-state index contributed by atoms with van der Waals surface area (Å²) < 4.78 is 0. The standard InChI is InChI=1S/C8H11NO2S/c1-5-6(2-3-12-5)4-7(9)8(10)11/h2-3,7H,4,9H2,1H3,(H,10,11). The Morgan fingerprint density at radius 1 is 1.83 bits per heavy atom. The average molecular weight is 185 g/mol. The number of carboxylic acid groups (broad SMARTS) is 1. The van der Waals surface area contributed by atoms with Gasteiger partial charge in [0.05, 0.1) is 0 Å². The summed E-state index contributed by atoms with van der Waals surface area (Å²) in [5.74, 6) is -0.944. The lowest BCUT2D eigenvalue weighted by Gasteiger charge is -2.04. The molecule has 0 bridgehead atoms. The first kappa shape index (κ1) is 9.22. The summed E-state index contributed by atoms with van der Waals surface area (Å²) in [6.07, 6.45) is 0.421. The predicted octanol–water partition coefficient (Wildman–Crippen LogP) is 1.01. The zero-order valence-corrected chi connectivity index (χ0v) is 7.60. The number of rotatable bonds is 3. The summed E-state index contributed by atoms with van der Waals surface area (Å²) in [4.78, 5) is 11.6. The monoisotopic (exact) mass is 185 g/mol. The molecule has 0 aromatic carbocycles. The van der Waals surface area contributed by atoms with E-state index in [4.69, 9.17) is 10.8 Å². The first-order chi connectivity index (χ1) is 5.61. The molecule has 0 amide bonds. The van der Waals surface area contributed by atoms with Gasteiger partial charge in [-0.1, -0.05) is 0 Å². The third-order valence-electron chi connectivity index (χ3n) is 1.72. The molecule has 0 spiro atoms. The van der Waals surface area contributed by atoms with Gasteiger partial charge in [0, 0.05) is 4.88 Å². The van der Waals surface area contributed by atoms with Gasteiger partial charge in [-0.05, 0) is 30.4 Å². The van der Waals surface area contributed by atoms with Crippen LogP contribution in [0.15, 0.2) is 11.4 Å². The predicted molar refractivity (Wildman–Crippen MR) is 48.4 cm³/mol. The molecule has 1 rings (SSSR count). The fourth-order valence-corrected chi connectivity index (χ4v) is 1.69. The summed E-state index contributed by atoms with van der Waals surface area (Å²) in [5.41, 5.74) is 6.42. The largest absolute Gasteiger partial charge is 0.480 e. The zero-order valence-electron chi connectivity index (χ0n) is 6.78. The maximum absolute atomic E-state index is 10.4. The van der Waals surface area contributed by atoms with E-state index in [-0.39, 0.29) is 0 Å². The Morgan fingerprint density at radius 3 is 2.92 bits per heavy atom. The number of carbonyl (C=O) groups is 1. The van der Waals surface area contributed by atoms with Gasteiger partial charge in [-0.15, -0.1) is 11.3 Å². The number of aryl methyl sites for hydroxylation is 1. The highest BCUT2D eigenvalue weighted by Gasteiger charge is 2.13. The van der Waals surface area contributed by atoms with E-state index in [1.54, 1.807) is 11.3 Å². The summed E-state index contributed by atoms with van der Waals surface area (Å²) in [5, 5.41) is 10.5. The van der Waals surface area contributed by atoms with Crippen molar-refractivity contribution in [1.29, 1.82) is 0 Å². The maximum Gasteiger partial charge on any atom is 0.320 e. The molecule has 4 heteroatoms. The molecule has 0 saturated heterocycles. The minimum atomic E-state index is -0.944. The van der Waals surface area contributed by atoms with Crippen molar-refractivity contribution in [2.24, 2.45) is 5.73 Å². The number of aliphatic carboxylic acids is 1. The molecule has 1 aromatic rings. The molecule has 66 valence electrons. The number of hydrogen-bond donors (Lipinski definition) is 2. The second-order valence-corrected chi connectivity index (χ2v) is 3.77. The van der Waals surface area contributed by atoms with Crippen LogP contribution in [0.2, 0.25) is 0 Å². The van der Waals surface area contributed by atoms with Gasteiger partial charge in [-0.3, -0.25) is 4.79 Å². The molecule has 0 aliphatic carbocycles. The van der Waals surface area contributed by atoms with Crippen LogP contribution < -0.4 is 5.73 Å². The Bertz CT molecular complexity index is 282. The molecular weight excluding hydrogens is 174 g/mol. The minimum absolute atomic E-state index is 0.421. The van der Waals surface area contributed by atoms with E-state index in [0.29, 0.717) is 6.42 Å². The van der Waals surface area contributed by atoms with Gasteiger partial charge in [-0.25, -0.2) is 0 Å². The van der Waals surface area contributed by atoms with Crippen LogP contribution in [0.3, 0.4) is 0 Å². The molecule has 0 radical (unpaired) electrons. The Morgan fingerprint density at radius 2 is 2.50 bits per heavy atom. The molecule has 3 N–H and O–H groups in total. The van der Waals surface area contributed by atoms with Crippen LogP contribution in [0, 0.1) is 6.92 Å². The van der Waals surface area contributed by atoms with E-state index >= 15 is 0 Å². The van der Waals surface area contributed by atoms with Crippen LogP contribution in [0.1, 0.15) is 10.4 Å². The van der Waals surface area contributed by atoms with Gasteiger partial charge in [0.1, 0.15) is 6.04 Å². The molecular formula is C8H11NO2S. The topological polar surface area (TPSA) is 63.3 Å². The van der Waals surface area contributed by atoms with Crippen LogP contribution >= 0.6 is 11.3 Å². The van der Waals surface area contributed by atoms with E-state index in [0.717, 1.165) is 10.4 Å². The molecule has 1 heterocycles. The lowest BCUT2D eigenvalue weighted by atomic mass is 10.1. The molecule has 12 heavy (non-hydrogen) atoms. The van der Waals surface area contributed by atoms with Gasteiger partial charge < -0.3 is 10.8 Å². The molecule has 3 nitrogen and oxygen atoms in total. The van der Waals surface area contributed by atoms with Crippen molar-refractivity contribution in [2.75, 3.05) is 0 Å². The highest BCUT2D eigenvalue weighted by Crippen LogP contribution is 2.16. The SMILES string of the molecule is Cc1sccc1CC(N)C(=O)O. The Balaban J connectivity index is 2.64. The number of nitrogens with two attached hydrogens (primary N) is 1. The van der Waals surface area contributed by atoms with E-state index in [1.807, 2.05) is 18.4 Å².